The number of benzene rings is 1. The van der Waals surface area contributed by atoms with Crippen molar-refractivity contribution in [1.29, 1.82) is 0 Å². The topological polar surface area (TPSA) is 75.3 Å². The standard InChI is InChI=1S/C18H26N2O3S/c1-18(2,3)11-13-10-16(13)20-24(22,23)14-7-8-15-12(9-14)5-4-6-17(21)19-15/h7-9,13,16,20H,4-6,10-11H2,1-3H3,(H,19,21)/t13-,16+/m0/s1. The van der Waals surface area contributed by atoms with Crippen LogP contribution in [0.5, 0.6) is 0 Å². The lowest BCUT2D eigenvalue weighted by Gasteiger charge is -2.18. The molecule has 1 aromatic rings. The third kappa shape index (κ3) is 4.16. The number of sulfonamides is 1. The summed E-state index contributed by atoms with van der Waals surface area (Å²) >= 11 is 0. The molecule has 1 aromatic carbocycles. The number of nitrogens with one attached hydrogen (secondary N) is 2. The Labute approximate surface area is 144 Å². The molecule has 1 aliphatic carbocycles. The quantitative estimate of drug-likeness (QED) is 0.876. The van der Waals surface area contributed by atoms with Crippen molar-refractivity contribution in [3.05, 3.63) is 23.8 Å². The molecule has 0 aromatic heterocycles. The zero-order valence-corrected chi connectivity index (χ0v) is 15.4. The molecule has 2 aliphatic rings. The second-order valence-electron chi connectivity index (χ2n) is 8.21. The Balaban J connectivity index is 1.72. The maximum atomic E-state index is 12.6. The monoisotopic (exact) mass is 350 g/mol. The van der Waals surface area contributed by atoms with Crippen LogP contribution in [0.4, 0.5) is 5.69 Å². The molecule has 0 bridgehead atoms. The molecule has 0 saturated heterocycles. The van der Waals surface area contributed by atoms with Crippen molar-refractivity contribution in [2.45, 2.75) is 63.8 Å². The lowest BCUT2D eigenvalue weighted by atomic mass is 9.89. The Hall–Kier alpha value is -1.40. The molecular weight excluding hydrogens is 324 g/mol. The largest absolute Gasteiger partial charge is 0.326 e. The van der Waals surface area contributed by atoms with Crippen LogP contribution in [0, 0.1) is 11.3 Å². The van der Waals surface area contributed by atoms with E-state index in [1.165, 1.54) is 0 Å². The van der Waals surface area contributed by atoms with Crippen molar-refractivity contribution in [3.63, 3.8) is 0 Å². The highest BCUT2D eigenvalue weighted by Gasteiger charge is 2.42. The highest BCUT2D eigenvalue weighted by Crippen LogP contribution is 2.41. The first-order valence-electron chi connectivity index (χ1n) is 8.59. The fourth-order valence-corrected chi connectivity index (χ4v) is 4.76. The van der Waals surface area contributed by atoms with Crippen LogP contribution in [0.1, 0.15) is 52.0 Å². The van der Waals surface area contributed by atoms with Gasteiger partial charge in [-0.2, -0.15) is 0 Å². The summed E-state index contributed by atoms with van der Waals surface area (Å²) in [5.74, 6) is 0.422. The van der Waals surface area contributed by atoms with Gasteiger partial charge in [-0.25, -0.2) is 13.1 Å². The van der Waals surface area contributed by atoms with Gasteiger partial charge >= 0.3 is 0 Å². The maximum absolute atomic E-state index is 12.6. The molecule has 2 N–H and O–H groups in total. The number of rotatable bonds is 4. The van der Waals surface area contributed by atoms with Gasteiger partial charge in [-0.1, -0.05) is 20.8 Å². The van der Waals surface area contributed by atoms with E-state index in [1.54, 1.807) is 18.2 Å². The molecule has 3 rings (SSSR count). The molecule has 1 heterocycles. The van der Waals surface area contributed by atoms with E-state index in [0.29, 0.717) is 23.7 Å². The first kappa shape index (κ1) is 17.4. The molecule has 1 aliphatic heterocycles. The third-order valence-electron chi connectivity index (χ3n) is 4.61. The van der Waals surface area contributed by atoms with Gasteiger partial charge in [-0.3, -0.25) is 4.79 Å². The number of carbonyl (C=O) groups is 1. The summed E-state index contributed by atoms with van der Waals surface area (Å²) in [5, 5.41) is 2.83. The van der Waals surface area contributed by atoms with Crippen molar-refractivity contribution >= 4 is 21.6 Å². The highest BCUT2D eigenvalue weighted by atomic mass is 32.2. The van der Waals surface area contributed by atoms with Crippen LogP contribution < -0.4 is 10.0 Å². The molecule has 0 radical (unpaired) electrons. The first-order valence-corrected chi connectivity index (χ1v) is 10.1. The third-order valence-corrected chi connectivity index (χ3v) is 6.10. The van der Waals surface area contributed by atoms with Gasteiger partial charge in [-0.15, -0.1) is 0 Å². The SMILES string of the molecule is CC(C)(C)C[C@@H]1C[C@H]1NS(=O)(=O)c1ccc2c(c1)CCCC(=O)N2. The predicted octanol–water partition coefficient (Wildman–Crippen LogP) is 3.06. The van der Waals surface area contributed by atoms with Gasteiger partial charge in [0.15, 0.2) is 0 Å². The van der Waals surface area contributed by atoms with Crippen molar-refractivity contribution in [3.8, 4) is 0 Å². The Kier molecular flexibility index (Phi) is 4.47. The van der Waals surface area contributed by atoms with Crippen molar-refractivity contribution in [1.82, 2.24) is 4.72 Å². The van der Waals surface area contributed by atoms with Gasteiger partial charge in [0.2, 0.25) is 15.9 Å². The molecule has 5 nitrogen and oxygen atoms in total. The van der Waals surface area contributed by atoms with Gasteiger partial charge in [0.05, 0.1) is 4.90 Å². The van der Waals surface area contributed by atoms with E-state index < -0.39 is 10.0 Å². The van der Waals surface area contributed by atoms with E-state index in [4.69, 9.17) is 0 Å². The Morgan fingerprint density at radius 1 is 1.25 bits per heavy atom. The van der Waals surface area contributed by atoms with Crippen molar-refractivity contribution in [2.75, 3.05) is 5.32 Å². The van der Waals surface area contributed by atoms with Gasteiger partial charge in [0.1, 0.15) is 0 Å². The molecule has 6 heteroatoms. The normalized spacial score (nSPS) is 24.0. The summed E-state index contributed by atoms with van der Waals surface area (Å²) in [4.78, 5) is 11.9. The number of anilines is 1. The number of carbonyl (C=O) groups excluding carboxylic acids is 1. The summed E-state index contributed by atoms with van der Waals surface area (Å²) < 4.78 is 28.1. The van der Waals surface area contributed by atoms with Crippen LogP contribution >= 0.6 is 0 Å². The summed E-state index contributed by atoms with van der Waals surface area (Å²) in [6, 6.07) is 5.03. The van der Waals surface area contributed by atoms with Gasteiger partial charge in [-0.05, 0) is 60.8 Å². The van der Waals surface area contributed by atoms with Crippen LogP contribution in [0.15, 0.2) is 23.1 Å². The zero-order chi connectivity index (χ0) is 17.5. The van der Waals surface area contributed by atoms with Gasteiger partial charge in [0, 0.05) is 18.2 Å². The minimum absolute atomic E-state index is 0.00881. The van der Waals surface area contributed by atoms with Crippen LogP contribution in [-0.2, 0) is 21.2 Å². The van der Waals surface area contributed by atoms with Crippen LogP contribution in [-0.4, -0.2) is 20.4 Å². The Bertz CT molecular complexity index is 750. The zero-order valence-electron chi connectivity index (χ0n) is 14.6. The maximum Gasteiger partial charge on any atom is 0.240 e. The van der Waals surface area contributed by atoms with Crippen molar-refractivity contribution < 1.29 is 13.2 Å². The smallest absolute Gasteiger partial charge is 0.240 e. The second kappa shape index (κ2) is 6.15. The number of amides is 1. The molecule has 0 spiro atoms. The highest BCUT2D eigenvalue weighted by molar-refractivity contribution is 7.89. The molecule has 1 fully saturated rings. The first-order chi connectivity index (χ1) is 11.1. The Morgan fingerprint density at radius 2 is 2.00 bits per heavy atom. The van der Waals surface area contributed by atoms with E-state index >= 15 is 0 Å². The van der Waals surface area contributed by atoms with E-state index in [-0.39, 0.29) is 17.4 Å². The molecule has 1 amide bonds. The van der Waals surface area contributed by atoms with Crippen molar-refractivity contribution in [2.24, 2.45) is 11.3 Å². The molecule has 2 atom stereocenters. The summed E-state index contributed by atoms with van der Waals surface area (Å²) in [6.45, 7) is 6.53. The van der Waals surface area contributed by atoms with Crippen LogP contribution in [0.3, 0.4) is 0 Å². The molecule has 0 unspecified atom stereocenters. The predicted molar refractivity (Wildman–Crippen MR) is 94.3 cm³/mol. The number of aryl methyl sites for hydroxylation is 1. The van der Waals surface area contributed by atoms with E-state index in [1.807, 2.05) is 0 Å². The molecule has 24 heavy (non-hydrogen) atoms. The number of fused-ring (bicyclic) bond motifs is 1. The number of hydrogen-bond donors (Lipinski definition) is 2. The van der Waals surface area contributed by atoms with Gasteiger partial charge in [0.25, 0.3) is 0 Å². The molecular formula is C18H26N2O3S. The average Bonchev–Trinajstić information content (AvgIpc) is 3.17. The molecule has 132 valence electrons. The average molecular weight is 350 g/mol. The fourth-order valence-electron chi connectivity index (χ4n) is 3.39. The Morgan fingerprint density at radius 3 is 2.71 bits per heavy atom. The van der Waals surface area contributed by atoms with E-state index in [9.17, 15) is 13.2 Å². The van der Waals surface area contributed by atoms with E-state index in [2.05, 4.69) is 30.8 Å². The summed E-state index contributed by atoms with van der Waals surface area (Å²) in [7, 11) is -3.51. The molecule has 1 saturated carbocycles. The van der Waals surface area contributed by atoms with Crippen LogP contribution in [0.25, 0.3) is 0 Å². The fraction of sp³-hybridized carbons (Fsp3) is 0.611. The number of hydrogen-bond acceptors (Lipinski definition) is 3. The lowest BCUT2D eigenvalue weighted by molar-refractivity contribution is -0.116. The van der Waals surface area contributed by atoms with Crippen LogP contribution in [0.2, 0.25) is 0 Å². The minimum atomic E-state index is -3.51. The summed E-state index contributed by atoms with van der Waals surface area (Å²) in [5.41, 5.74) is 1.84. The van der Waals surface area contributed by atoms with Gasteiger partial charge < -0.3 is 5.32 Å². The minimum Gasteiger partial charge on any atom is -0.326 e. The summed E-state index contributed by atoms with van der Waals surface area (Å²) in [6.07, 6.45) is 3.87. The van der Waals surface area contributed by atoms with E-state index in [0.717, 1.165) is 30.5 Å². The lowest BCUT2D eigenvalue weighted by Crippen LogP contribution is -2.28. The second-order valence-corrected chi connectivity index (χ2v) is 9.92.